The summed E-state index contributed by atoms with van der Waals surface area (Å²) in [6, 6.07) is 8.06. The van der Waals surface area contributed by atoms with Crippen molar-refractivity contribution in [2.24, 2.45) is 11.8 Å². The van der Waals surface area contributed by atoms with E-state index < -0.39 is 5.97 Å². The Bertz CT molecular complexity index is 436. The highest BCUT2D eigenvalue weighted by Crippen LogP contribution is 2.30. The van der Waals surface area contributed by atoms with E-state index in [2.05, 4.69) is 17.0 Å². The van der Waals surface area contributed by atoms with Crippen molar-refractivity contribution in [1.29, 1.82) is 0 Å². The predicted molar refractivity (Wildman–Crippen MR) is 79.3 cm³/mol. The summed E-state index contributed by atoms with van der Waals surface area (Å²) in [4.78, 5) is 13.5. The van der Waals surface area contributed by atoms with Crippen molar-refractivity contribution >= 4 is 11.7 Å². The van der Waals surface area contributed by atoms with E-state index >= 15 is 0 Å². The molecule has 1 aromatic rings. The minimum absolute atomic E-state index is 0.187. The number of piperidine rings is 1. The van der Waals surface area contributed by atoms with Gasteiger partial charge in [-0.15, -0.1) is 0 Å². The van der Waals surface area contributed by atoms with Crippen LogP contribution in [0.3, 0.4) is 0 Å². The van der Waals surface area contributed by atoms with Crippen molar-refractivity contribution in [3.8, 4) is 5.75 Å². The number of methoxy groups -OCH3 is 1. The topological polar surface area (TPSA) is 49.8 Å². The van der Waals surface area contributed by atoms with Gasteiger partial charge >= 0.3 is 5.97 Å². The van der Waals surface area contributed by atoms with Crippen LogP contribution in [0.15, 0.2) is 24.3 Å². The standard InChI is InChI=1S/C16H23NO3/c1-3-15(16(18)19)12-8-10-17(11-9-12)13-4-6-14(20-2)7-5-13/h4-7,12,15H,3,8-11H2,1-2H3,(H,18,19). The first kappa shape index (κ1) is 14.7. The molecule has 0 saturated carbocycles. The van der Waals surface area contributed by atoms with Gasteiger partial charge in [0.1, 0.15) is 5.75 Å². The van der Waals surface area contributed by atoms with Crippen molar-refractivity contribution in [3.05, 3.63) is 24.3 Å². The number of rotatable bonds is 5. The lowest BCUT2D eigenvalue weighted by Gasteiger charge is -2.35. The van der Waals surface area contributed by atoms with Crippen LogP contribution >= 0.6 is 0 Å². The van der Waals surface area contributed by atoms with E-state index in [-0.39, 0.29) is 5.92 Å². The van der Waals surface area contributed by atoms with Crippen LogP contribution in [0.25, 0.3) is 0 Å². The number of aliphatic carboxylic acids is 1. The summed E-state index contributed by atoms with van der Waals surface area (Å²) in [5, 5.41) is 9.24. The zero-order valence-electron chi connectivity index (χ0n) is 12.2. The maximum absolute atomic E-state index is 11.2. The normalized spacial score (nSPS) is 17.8. The Balaban J connectivity index is 1.94. The average molecular weight is 277 g/mol. The molecule has 1 aliphatic heterocycles. The van der Waals surface area contributed by atoms with Gasteiger partial charge in [-0.25, -0.2) is 0 Å². The number of carbonyl (C=O) groups is 1. The Hall–Kier alpha value is -1.71. The number of anilines is 1. The Morgan fingerprint density at radius 2 is 1.95 bits per heavy atom. The monoisotopic (exact) mass is 277 g/mol. The van der Waals surface area contributed by atoms with E-state index in [0.29, 0.717) is 5.92 Å². The minimum Gasteiger partial charge on any atom is -0.497 e. The fourth-order valence-electron chi connectivity index (χ4n) is 3.06. The molecular formula is C16H23NO3. The van der Waals surface area contributed by atoms with Crippen molar-refractivity contribution < 1.29 is 14.6 Å². The first-order valence-electron chi connectivity index (χ1n) is 7.27. The van der Waals surface area contributed by atoms with Crippen molar-refractivity contribution in [1.82, 2.24) is 0 Å². The third-order valence-corrected chi connectivity index (χ3v) is 4.30. The van der Waals surface area contributed by atoms with Gasteiger partial charge in [0.2, 0.25) is 0 Å². The van der Waals surface area contributed by atoms with Crippen LogP contribution in [-0.2, 0) is 4.79 Å². The molecule has 1 N–H and O–H groups in total. The number of hydrogen-bond donors (Lipinski definition) is 1. The lowest BCUT2D eigenvalue weighted by atomic mass is 9.82. The Morgan fingerprint density at radius 3 is 2.40 bits per heavy atom. The second kappa shape index (κ2) is 6.64. The number of benzene rings is 1. The lowest BCUT2D eigenvalue weighted by Crippen LogP contribution is -2.37. The smallest absolute Gasteiger partial charge is 0.306 e. The largest absolute Gasteiger partial charge is 0.497 e. The summed E-state index contributed by atoms with van der Waals surface area (Å²) in [5.41, 5.74) is 1.19. The molecule has 1 aliphatic rings. The SMILES string of the molecule is CCC(C(=O)O)C1CCN(c2ccc(OC)cc2)CC1. The number of ether oxygens (including phenoxy) is 1. The summed E-state index contributed by atoms with van der Waals surface area (Å²) in [6.07, 6.45) is 2.64. The zero-order valence-corrected chi connectivity index (χ0v) is 12.2. The van der Waals surface area contributed by atoms with E-state index in [1.807, 2.05) is 19.1 Å². The van der Waals surface area contributed by atoms with Gasteiger partial charge in [-0.05, 0) is 49.4 Å². The maximum atomic E-state index is 11.2. The highest BCUT2D eigenvalue weighted by molar-refractivity contribution is 5.70. The summed E-state index contributed by atoms with van der Waals surface area (Å²) < 4.78 is 5.16. The third-order valence-electron chi connectivity index (χ3n) is 4.30. The molecule has 2 rings (SSSR count). The van der Waals surface area contributed by atoms with Crippen LogP contribution in [0.1, 0.15) is 26.2 Å². The van der Waals surface area contributed by atoms with Crippen LogP contribution in [0.2, 0.25) is 0 Å². The summed E-state index contributed by atoms with van der Waals surface area (Å²) in [6.45, 7) is 3.83. The molecule has 110 valence electrons. The maximum Gasteiger partial charge on any atom is 0.306 e. The van der Waals surface area contributed by atoms with Crippen molar-refractivity contribution in [3.63, 3.8) is 0 Å². The minimum atomic E-state index is -0.643. The highest BCUT2D eigenvalue weighted by Gasteiger charge is 2.29. The average Bonchev–Trinajstić information content (AvgIpc) is 2.48. The molecule has 0 radical (unpaired) electrons. The Kier molecular flexibility index (Phi) is 4.88. The van der Waals surface area contributed by atoms with Gasteiger partial charge in [-0.3, -0.25) is 4.79 Å². The number of carboxylic acid groups (broad SMARTS) is 1. The van der Waals surface area contributed by atoms with Gasteiger partial charge in [0.05, 0.1) is 13.0 Å². The summed E-state index contributed by atoms with van der Waals surface area (Å²) in [5.74, 6) is 0.343. The molecule has 0 bridgehead atoms. The molecule has 1 unspecified atom stereocenters. The van der Waals surface area contributed by atoms with E-state index in [1.165, 1.54) is 5.69 Å². The first-order chi connectivity index (χ1) is 9.65. The van der Waals surface area contributed by atoms with Gasteiger partial charge in [-0.2, -0.15) is 0 Å². The van der Waals surface area contributed by atoms with E-state index in [0.717, 1.165) is 38.1 Å². The van der Waals surface area contributed by atoms with Crippen LogP contribution in [0.5, 0.6) is 5.75 Å². The fourth-order valence-corrected chi connectivity index (χ4v) is 3.06. The summed E-state index contributed by atoms with van der Waals surface area (Å²) >= 11 is 0. The van der Waals surface area contributed by atoms with Gasteiger partial charge in [0.15, 0.2) is 0 Å². The van der Waals surface area contributed by atoms with Crippen LogP contribution < -0.4 is 9.64 Å². The molecule has 20 heavy (non-hydrogen) atoms. The molecule has 0 spiro atoms. The Labute approximate surface area is 120 Å². The van der Waals surface area contributed by atoms with Crippen molar-refractivity contribution in [2.75, 3.05) is 25.1 Å². The van der Waals surface area contributed by atoms with Crippen LogP contribution in [0, 0.1) is 11.8 Å². The van der Waals surface area contributed by atoms with Crippen molar-refractivity contribution in [2.45, 2.75) is 26.2 Å². The zero-order chi connectivity index (χ0) is 14.5. The predicted octanol–water partition coefficient (Wildman–Crippen LogP) is 3.02. The quantitative estimate of drug-likeness (QED) is 0.898. The molecule has 0 amide bonds. The van der Waals surface area contributed by atoms with Crippen LogP contribution in [-0.4, -0.2) is 31.3 Å². The fraction of sp³-hybridized carbons (Fsp3) is 0.562. The van der Waals surface area contributed by atoms with Crippen LogP contribution in [0.4, 0.5) is 5.69 Å². The summed E-state index contributed by atoms with van der Waals surface area (Å²) in [7, 11) is 1.66. The molecule has 0 aliphatic carbocycles. The lowest BCUT2D eigenvalue weighted by molar-refractivity contribution is -0.144. The molecule has 1 aromatic carbocycles. The number of carboxylic acids is 1. The van der Waals surface area contributed by atoms with E-state index in [1.54, 1.807) is 7.11 Å². The Morgan fingerprint density at radius 1 is 1.35 bits per heavy atom. The number of hydrogen-bond acceptors (Lipinski definition) is 3. The molecule has 4 nitrogen and oxygen atoms in total. The molecule has 4 heteroatoms. The van der Waals surface area contributed by atoms with E-state index in [9.17, 15) is 9.90 Å². The molecular weight excluding hydrogens is 254 g/mol. The van der Waals surface area contributed by atoms with E-state index in [4.69, 9.17) is 4.74 Å². The molecule has 1 saturated heterocycles. The molecule has 1 atom stereocenters. The van der Waals surface area contributed by atoms with Gasteiger partial charge in [-0.1, -0.05) is 6.92 Å². The third kappa shape index (κ3) is 3.24. The second-order valence-electron chi connectivity index (χ2n) is 5.38. The number of nitrogens with zero attached hydrogens (tertiary/aromatic N) is 1. The molecule has 1 fully saturated rings. The van der Waals surface area contributed by atoms with Gasteiger partial charge < -0.3 is 14.7 Å². The van der Waals surface area contributed by atoms with Gasteiger partial charge in [0.25, 0.3) is 0 Å². The molecule has 0 aromatic heterocycles. The first-order valence-corrected chi connectivity index (χ1v) is 7.27. The molecule has 1 heterocycles. The second-order valence-corrected chi connectivity index (χ2v) is 5.38. The highest BCUT2D eigenvalue weighted by atomic mass is 16.5. The van der Waals surface area contributed by atoms with Gasteiger partial charge in [0, 0.05) is 18.8 Å².